The number of hydrogen-bond acceptors (Lipinski definition) is 2. The zero-order chi connectivity index (χ0) is 13.1. The molecule has 2 heteroatoms. The van der Waals surface area contributed by atoms with E-state index in [2.05, 4.69) is 43.4 Å². The van der Waals surface area contributed by atoms with Crippen molar-refractivity contribution in [3.63, 3.8) is 0 Å². The molecule has 0 aliphatic carbocycles. The first-order valence-electron chi connectivity index (χ1n) is 6.30. The van der Waals surface area contributed by atoms with E-state index in [-0.39, 0.29) is 0 Å². The van der Waals surface area contributed by atoms with Crippen LogP contribution in [0.1, 0.15) is 38.3 Å². The highest BCUT2D eigenvalue weighted by Crippen LogP contribution is 2.12. The third-order valence-electron chi connectivity index (χ3n) is 2.68. The summed E-state index contributed by atoms with van der Waals surface area (Å²) in [5.41, 5.74) is 2.82. The maximum atomic E-state index is 8.81. The van der Waals surface area contributed by atoms with Crippen molar-refractivity contribution in [3.05, 3.63) is 35.4 Å². The van der Waals surface area contributed by atoms with Crippen molar-refractivity contribution >= 4 is 6.29 Å². The summed E-state index contributed by atoms with van der Waals surface area (Å²) in [5, 5.41) is 3.16. The van der Waals surface area contributed by atoms with E-state index in [0.717, 1.165) is 18.7 Å². The molecule has 0 bridgehead atoms. The molecule has 0 saturated heterocycles. The highest BCUT2D eigenvalue weighted by Gasteiger charge is 2.00. The lowest BCUT2D eigenvalue weighted by atomic mass is 9.98. The molecule has 2 nitrogen and oxygen atoms in total. The fourth-order valence-electron chi connectivity index (χ4n) is 1.54. The molecule has 0 spiro atoms. The second-order valence-electron chi connectivity index (χ2n) is 4.30. The predicted molar refractivity (Wildman–Crippen MR) is 74.1 cm³/mol. The van der Waals surface area contributed by atoms with E-state index in [9.17, 15) is 0 Å². The molecule has 1 unspecified atom stereocenters. The molecule has 0 aliphatic heterocycles. The minimum atomic E-state index is 0.750. The van der Waals surface area contributed by atoms with Crippen LogP contribution in [0.15, 0.2) is 24.3 Å². The van der Waals surface area contributed by atoms with Gasteiger partial charge in [0.2, 0.25) is 0 Å². The quantitative estimate of drug-likeness (QED) is 0.794. The molecule has 17 heavy (non-hydrogen) atoms. The Labute approximate surface area is 105 Å². The average Bonchev–Trinajstić information content (AvgIpc) is 2.33. The SMILES string of the molecule is CC=O.CCC(C)Cc1ccc(CNC)cc1. The molecule has 1 atom stereocenters. The van der Waals surface area contributed by atoms with Gasteiger partial charge in [-0.15, -0.1) is 0 Å². The Hall–Kier alpha value is -1.15. The van der Waals surface area contributed by atoms with Crippen molar-refractivity contribution in [2.24, 2.45) is 5.92 Å². The van der Waals surface area contributed by atoms with Gasteiger partial charge in [0.25, 0.3) is 0 Å². The average molecular weight is 235 g/mol. The van der Waals surface area contributed by atoms with Crippen molar-refractivity contribution in [3.8, 4) is 0 Å². The molecule has 0 aromatic heterocycles. The third kappa shape index (κ3) is 7.70. The Bertz CT molecular complexity index is 292. The molecule has 0 heterocycles. The fourth-order valence-corrected chi connectivity index (χ4v) is 1.54. The van der Waals surface area contributed by atoms with Crippen molar-refractivity contribution in [1.82, 2.24) is 5.32 Å². The van der Waals surface area contributed by atoms with E-state index in [1.54, 1.807) is 0 Å². The molecule has 1 rings (SSSR count). The number of carbonyl (C=O) groups is 1. The number of aldehydes is 1. The number of rotatable bonds is 5. The fraction of sp³-hybridized carbons (Fsp3) is 0.533. The van der Waals surface area contributed by atoms with Crippen LogP contribution in [0.2, 0.25) is 0 Å². The van der Waals surface area contributed by atoms with Crippen LogP contribution in [-0.4, -0.2) is 13.3 Å². The monoisotopic (exact) mass is 235 g/mol. The van der Waals surface area contributed by atoms with Gasteiger partial charge in [0.15, 0.2) is 0 Å². The first-order chi connectivity index (χ1) is 8.17. The lowest BCUT2D eigenvalue weighted by Crippen LogP contribution is -2.05. The minimum Gasteiger partial charge on any atom is -0.316 e. The highest BCUT2D eigenvalue weighted by molar-refractivity contribution is 5.44. The largest absolute Gasteiger partial charge is 0.316 e. The highest BCUT2D eigenvalue weighted by atomic mass is 16.1. The van der Waals surface area contributed by atoms with Gasteiger partial charge in [-0.1, -0.05) is 44.5 Å². The molecule has 0 aliphatic rings. The van der Waals surface area contributed by atoms with Gasteiger partial charge < -0.3 is 10.1 Å². The second kappa shape index (κ2) is 10.0. The van der Waals surface area contributed by atoms with E-state index in [1.807, 2.05) is 7.05 Å². The van der Waals surface area contributed by atoms with Crippen LogP contribution in [0.3, 0.4) is 0 Å². The summed E-state index contributed by atoms with van der Waals surface area (Å²) < 4.78 is 0. The molecule has 96 valence electrons. The number of nitrogens with one attached hydrogen (secondary N) is 1. The van der Waals surface area contributed by atoms with Crippen molar-refractivity contribution in [1.29, 1.82) is 0 Å². The lowest BCUT2D eigenvalue weighted by Gasteiger charge is -2.08. The number of carbonyl (C=O) groups excluding carboxylic acids is 1. The van der Waals surface area contributed by atoms with Crippen LogP contribution >= 0.6 is 0 Å². The molecule has 1 aromatic carbocycles. The summed E-state index contributed by atoms with van der Waals surface area (Å²) in [6.07, 6.45) is 3.22. The van der Waals surface area contributed by atoms with Crippen LogP contribution in [0, 0.1) is 5.92 Å². The van der Waals surface area contributed by atoms with Crippen LogP contribution in [-0.2, 0) is 17.8 Å². The Kier molecular flexibility index (Phi) is 9.35. The van der Waals surface area contributed by atoms with Crippen molar-refractivity contribution < 1.29 is 4.79 Å². The number of hydrogen-bond donors (Lipinski definition) is 1. The summed E-state index contributed by atoms with van der Waals surface area (Å²) in [4.78, 5) is 8.81. The Morgan fingerprint density at radius 2 is 1.71 bits per heavy atom. The van der Waals surface area contributed by atoms with Gasteiger partial charge in [-0.05, 0) is 37.4 Å². The minimum absolute atomic E-state index is 0.750. The van der Waals surface area contributed by atoms with E-state index < -0.39 is 0 Å². The zero-order valence-corrected chi connectivity index (χ0v) is 11.5. The predicted octanol–water partition coefficient (Wildman–Crippen LogP) is 3.20. The summed E-state index contributed by atoms with van der Waals surface area (Å²) in [5.74, 6) is 0.796. The molecule has 0 fully saturated rings. The topological polar surface area (TPSA) is 29.1 Å². The van der Waals surface area contributed by atoms with Crippen LogP contribution in [0.25, 0.3) is 0 Å². The summed E-state index contributed by atoms with van der Waals surface area (Å²) >= 11 is 0. The van der Waals surface area contributed by atoms with Gasteiger partial charge in [0, 0.05) is 6.54 Å². The lowest BCUT2D eigenvalue weighted by molar-refractivity contribution is -0.106. The van der Waals surface area contributed by atoms with Crippen LogP contribution < -0.4 is 5.32 Å². The van der Waals surface area contributed by atoms with E-state index >= 15 is 0 Å². The number of benzene rings is 1. The van der Waals surface area contributed by atoms with E-state index in [4.69, 9.17) is 4.79 Å². The Balaban J connectivity index is 0.000000770. The summed E-state index contributed by atoms with van der Waals surface area (Å²) in [6, 6.07) is 8.93. The van der Waals surface area contributed by atoms with Gasteiger partial charge in [-0.2, -0.15) is 0 Å². The van der Waals surface area contributed by atoms with Gasteiger partial charge in [-0.25, -0.2) is 0 Å². The van der Waals surface area contributed by atoms with Gasteiger partial charge in [0.05, 0.1) is 0 Å². The maximum absolute atomic E-state index is 8.81. The third-order valence-corrected chi connectivity index (χ3v) is 2.68. The smallest absolute Gasteiger partial charge is 0.116 e. The molecule has 1 aromatic rings. The normalized spacial score (nSPS) is 11.3. The standard InChI is InChI=1S/C13H21N.C2H4O/c1-4-11(2)9-12-5-7-13(8-6-12)10-14-3;1-2-3/h5-8,11,14H,4,9-10H2,1-3H3;2H,1H3. The van der Waals surface area contributed by atoms with Gasteiger partial charge in [-0.3, -0.25) is 0 Å². The summed E-state index contributed by atoms with van der Waals surface area (Å²) in [6.45, 7) is 6.96. The summed E-state index contributed by atoms with van der Waals surface area (Å²) in [7, 11) is 1.98. The van der Waals surface area contributed by atoms with E-state index in [1.165, 1.54) is 30.9 Å². The molecular formula is C15H25NO. The van der Waals surface area contributed by atoms with Crippen molar-refractivity contribution in [2.45, 2.75) is 40.2 Å². The first kappa shape index (κ1) is 15.9. The molecule has 0 amide bonds. The zero-order valence-electron chi connectivity index (χ0n) is 11.5. The van der Waals surface area contributed by atoms with Crippen LogP contribution in [0.5, 0.6) is 0 Å². The van der Waals surface area contributed by atoms with Crippen LogP contribution in [0.4, 0.5) is 0 Å². The molecule has 0 saturated carbocycles. The second-order valence-corrected chi connectivity index (χ2v) is 4.30. The Morgan fingerprint density at radius 3 is 2.12 bits per heavy atom. The first-order valence-corrected chi connectivity index (χ1v) is 6.30. The van der Waals surface area contributed by atoms with Crippen molar-refractivity contribution in [2.75, 3.05) is 7.05 Å². The van der Waals surface area contributed by atoms with E-state index in [0.29, 0.717) is 0 Å². The molecular weight excluding hydrogens is 210 g/mol. The van der Waals surface area contributed by atoms with Gasteiger partial charge in [0.1, 0.15) is 6.29 Å². The molecule has 0 radical (unpaired) electrons. The molecule has 1 N–H and O–H groups in total. The van der Waals surface area contributed by atoms with Gasteiger partial charge >= 0.3 is 0 Å². The maximum Gasteiger partial charge on any atom is 0.116 e. The Morgan fingerprint density at radius 1 is 1.24 bits per heavy atom.